The highest BCUT2D eigenvalue weighted by Crippen LogP contribution is 2.29. The van der Waals surface area contributed by atoms with Gasteiger partial charge in [-0.25, -0.2) is 0 Å². The van der Waals surface area contributed by atoms with Crippen LogP contribution in [0, 0.1) is 0 Å². The molecule has 0 aromatic heterocycles. The lowest BCUT2D eigenvalue weighted by Crippen LogP contribution is -2.21. The maximum absolute atomic E-state index is 12.4. The molecule has 2 rings (SSSR count). The van der Waals surface area contributed by atoms with Crippen LogP contribution in [0.2, 0.25) is 0 Å². The summed E-state index contributed by atoms with van der Waals surface area (Å²) in [5, 5.41) is 5.50. The van der Waals surface area contributed by atoms with Gasteiger partial charge in [-0.3, -0.25) is 4.79 Å². The summed E-state index contributed by atoms with van der Waals surface area (Å²) in [6.07, 6.45) is -3.44. The number of carbonyl (C=O) groups is 1. The highest BCUT2D eigenvalue weighted by Gasteiger charge is 2.29. The Bertz CT molecular complexity index is 649. The van der Waals surface area contributed by atoms with Crippen molar-refractivity contribution in [1.82, 2.24) is 0 Å². The first-order valence-electron chi connectivity index (χ1n) is 7.18. The largest absolute Gasteiger partial charge is 0.416 e. The van der Waals surface area contributed by atoms with E-state index in [4.69, 9.17) is 0 Å². The molecule has 0 heterocycles. The fourth-order valence-corrected chi connectivity index (χ4v) is 1.99. The number of hydrogen-bond acceptors (Lipinski definition) is 2. The van der Waals surface area contributed by atoms with E-state index in [0.29, 0.717) is 11.4 Å². The van der Waals surface area contributed by atoms with Crippen LogP contribution in [-0.2, 0) is 17.4 Å². The zero-order chi connectivity index (χ0) is 16.9. The van der Waals surface area contributed by atoms with Gasteiger partial charge in [0, 0.05) is 11.4 Å². The minimum absolute atomic E-state index is 0.0269. The van der Waals surface area contributed by atoms with E-state index in [1.54, 1.807) is 0 Å². The molecule has 6 heteroatoms. The Morgan fingerprint density at radius 2 is 1.52 bits per heavy atom. The van der Waals surface area contributed by atoms with E-state index in [1.807, 2.05) is 31.2 Å². The highest BCUT2D eigenvalue weighted by molar-refractivity contribution is 5.93. The Kier molecular flexibility index (Phi) is 5.26. The van der Waals surface area contributed by atoms with Crippen molar-refractivity contribution in [3.63, 3.8) is 0 Å². The molecule has 0 saturated heterocycles. The first-order chi connectivity index (χ1) is 10.9. The summed E-state index contributed by atoms with van der Waals surface area (Å²) in [5.74, 6) is -0.269. The second kappa shape index (κ2) is 7.17. The summed E-state index contributed by atoms with van der Waals surface area (Å²) in [7, 11) is 0. The van der Waals surface area contributed by atoms with E-state index < -0.39 is 11.7 Å². The third-order valence-electron chi connectivity index (χ3n) is 3.31. The smallest absolute Gasteiger partial charge is 0.376 e. The summed E-state index contributed by atoms with van der Waals surface area (Å²) in [6.45, 7) is 2.02. The molecule has 122 valence electrons. The summed E-state index contributed by atoms with van der Waals surface area (Å²) < 4.78 is 37.3. The van der Waals surface area contributed by atoms with E-state index >= 15 is 0 Å². The lowest BCUT2D eigenvalue weighted by Gasteiger charge is -2.10. The van der Waals surface area contributed by atoms with Crippen LogP contribution in [-0.4, -0.2) is 12.5 Å². The molecular weight excluding hydrogens is 305 g/mol. The molecule has 0 spiro atoms. The summed E-state index contributed by atoms with van der Waals surface area (Å²) in [5.41, 5.74) is 1.59. The van der Waals surface area contributed by atoms with Crippen LogP contribution in [0.3, 0.4) is 0 Å². The van der Waals surface area contributed by atoms with Gasteiger partial charge in [-0.2, -0.15) is 13.2 Å². The average molecular weight is 322 g/mol. The van der Waals surface area contributed by atoms with Crippen LogP contribution in [0.1, 0.15) is 18.1 Å². The van der Waals surface area contributed by atoms with E-state index in [9.17, 15) is 18.0 Å². The maximum Gasteiger partial charge on any atom is 0.416 e. The molecule has 0 atom stereocenters. The van der Waals surface area contributed by atoms with Crippen LogP contribution in [0.15, 0.2) is 48.5 Å². The van der Waals surface area contributed by atoms with Gasteiger partial charge in [0.2, 0.25) is 5.91 Å². The van der Waals surface area contributed by atoms with Gasteiger partial charge in [-0.15, -0.1) is 0 Å². The molecule has 2 aromatic carbocycles. The van der Waals surface area contributed by atoms with Gasteiger partial charge in [0.15, 0.2) is 0 Å². The minimum Gasteiger partial charge on any atom is -0.376 e. The monoisotopic (exact) mass is 322 g/mol. The summed E-state index contributed by atoms with van der Waals surface area (Å²) in [4.78, 5) is 11.8. The van der Waals surface area contributed by atoms with Crippen LogP contribution >= 0.6 is 0 Å². The molecule has 0 aliphatic heterocycles. The number of halogens is 3. The molecule has 1 amide bonds. The van der Waals surface area contributed by atoms with Gasteiger partial charge in [-0.05, 0) is 48.4 Å². The third kappa shape index (κ3) is 5.02. The summed E-state index contributed by atoms with van der Waals surface area (Å²) in [6, 6.07) is 12.0. The SMILES string of the molecule is CCc1ccc(NC(=O)CNc2ccc(C(F)(F)F)cc2)cc1. The molecule has 0 aliphatic rings. The van der Waals surface area contributed by atoms with Gasteiger partial charge in [0.05, 0.1) is 12.1 Å². The zero-order valence-corrected chi connectivity index (χ0v) is 12.6. The minimum atomic E-state index is -4.36. The highest BCUT2D eigenvalue weighted by atomic mass is 19.4. The molecule has 0 aliphatic carbocycles. The van der Waals surface area contributed by atoms with Crippen LogP contribution < -0.4 is 10.6 Å². The quantitative estimate of drug-likeness (QED) is 0.861. The number of benzene rings is 2. The predicted octanol–water partition coefficient (Wildman–Crippen LogP) is 4.32. The first kappa shape index (κ1) is 16.9. The van der Waals surface area contributed by atoms with Crippen molar-refractivity contribution < 1.29 is 18.0 Å². The molecule has 0 bridgehead atoms. The average Bonchev–Trinajstić information content (AvgIpc) is 2.53. The van der Waals surface area contributed by atoms with E-state index in [1.165, 1.54) is 17.7 Å². The first-order valence-corrected chi connectivity index (χ1v) is 7.18. The Morgan fingerprint density at radius 1 is 0.957 bits per heavy atom. The molecule has 2 aromatic rings. The van der Waals surface area contributed by atoms with Gasteiger partial charge in [0.25, 0.3) is 0 Å². The Labute approximate surface area is 132 Å². The molecule has 2 N–H and O–H groups in total. The van der Waals surface area contributed by atoms with Crippen LogP contribution in [0.5, 0.6) is 0 Å². The topological polar surface area (TPSA) is 41.1 Å². The van der Waals surface area contributed by atoms with Crippen molar-refractivity contribution in [2.75, 3.05) is 17.2 Å². The molecule has 0 saturated carbocycles. The fraction of sp³-hybridized carbons (Fsp3) is 0.235. The number of anilines is 2. The maximum atomic E-state index is 12.4. The van der Waals surface area contributed by atoms with Gasteiger partial charge in [-0.1, -0.05) is 19.1 Å². The number of hydrogen-bond donors (Lipinski definition) is 2. The van der Waals surface area contributed by atoms with Crippen LogP contribution in [0.25, 0.3) is 0 Å². The Hall–Kier alpha value is -2.50. The fourth-order valence-electron chi connectivity index (χ4n) is 1.99. The molecule has 0 fully saturated rings. The van der Waals surface area contributed by atoms with E-state index in [0.717, 1.165) is 18.6 Å². The van der Waals surface area contributed by atoms with Crippen molar-refractivity contribution in [3.05, 3.63) is 59.7 Å². The zero-order valence-electron chi connectivity index (χ0n) is 12.6. The number of nitrogens with one attached hydrogen (secondary N) is 2. The molecule has 0 unspecified atom stereocenters. The van der Waals surface area contributed by atoms with Gasteiger partial charge < -0.3 is 10.6 Å². The Morgan fingerprint density at radius 3 is 2.04 bits per heavy atom. The standard InChI is InChI=1S/C17H17F3N2O/c1-2-12-3-7-15(8-4-12)22-16(23)11-21-14-9-5-13(6-10-14)17(18,19)20/h3-10,21H,2,11H2,1H3,(H,22,23). The van der Waals surface area contributed by atoms with Gasteiger partial charge in [0.1, 0.15) is 0 Å². The number of amides is 1. The molecular formula is C17H17F3N2O. The van der Waals surface area contributed by atoms with Crippen molar-refractivity contribution in [2.45, 2.75) is 19.5 Å². The van der Waals surface area contributed by atoms with Crippen molar-refractivity contribution in [1.29, 1.82) is 0 Å². The van der Waals surface area contributed by atoms with Crippen molar-refractivity contribution in [2.24, 2.45) is 0 Å². The molecule has 3 nitrogen and oxygen atoms in total. The predicted molar refractivity (Wildman–Crippen MR) is 84.4 cm³/mol. The summed E-state index contributed by atoms with van der Waals surface area (Å²) >= 11 is 0. The number of aryl methyl sites for hydroxylation is 1. The second-order valence-corrected chi connectivity index (χ2v) is 5.03. The number of alkyl halides is 3. The van der Waals surface area contributed by atoms with Crippen molar-refractivity contribution >= 4 is 17.3 Å². The number of carbonyl (C=O) groups excluding carboxylic acids is 1. The number of rotatable bonds is 5. The van der Waals surface area contributed by atoms with Crippen LogP contribution in [0.4, 0.5) is 24.5 Å². The lowest BCUT2D eigenvalue weighted by molar-refractivity contribution is -0.137. The third-order valence-corrected chi connectivity index (χ3v) is 3.31. The molecule has 0 radical (unpaired) electrons. The van der Waals surface area contributed by atoms with Crippen molar-refractivity contribution in [3.8, 4) is 0 Å². The normalized spacial score (nSPS) is 11.1. The molecule has 23 heavy (non-hydrogen) atoms. The van der Waals surface area contributed by atoms with E-state index in [2.05, 4.69) is 10.6 Å². The lowest BCUT2D eigenvalue weighted by atomic mass is 10.1. The van der Waals surface area contributed by atoms with E-state index in [-0.39, 0.29) is 12.5 Å². The van der Waals surface area contributed by atoms with Gasteiger partial charge >= 0.3 is 6.18 Å². The second-order valence-electron chi connectivity index (χ2n) is 5.03. The Balaban J connectivity index is 1.86.